The minimum atomic E-state index is -2.44. The third-order valence-corrected chi connectivity index (χ3v) is 15.8. The van der Waals surface area contributed by atoms with Crippen molar-refractivity contribution in [1.29, 1.82) is 0 Å². The Morgan fingerprint density at radius 2 is 1.44 bits per heavy atom. The molecule has 0 bridgehead atoms. The summed E-state index contributed by atoms with van der Waals surface area (Å²) in [7, 11) is -0.818. The summed E-state index contributed by atoms with van der Waals surface area (Å²) in [4.78, 5) is 68.5. The predicted octanol–water partition coefficient (Wildman–Crippen LogP) is 4.09. The number of rotatable bonds is 11. The Kier molecular flexibility index (Phi) is 9.65. The van der Waals surface area contributed by atoms with E-state index in [0.717, 1.165) is 16.5 Å². The smallest absolute Gasteiger partial charge is 0.304 e. The summed E-state index contributed by atoms with van der Waals surface area (Å²) in [6, 6.07) is 20.6. The average molecular weight is 756 g/mol. The number of fused-ring (bicyclic) bond motifs is 2. The number of benzene rings is 3. The number of aliphatic hydroxyl groups excluding tert-OH is 1. The Balaban J connectivity index is 1.28. The highest BCUT2D eigenvalue weighted by Crippen LogP contribution is 2.60. The van der Waals surface area contributed by atoms with Gasteiger partial charge in [0.15, 0.2) is 18.1 Å². The van der Waals surface area contributed by atoms with Crippen LogP contribution in [0.2, 0.25) is 18.6 Å². The van der Waals surface area contributed by atoms with Crippen molar-refractivity contribution in [2.45, 2.75) is 89.4 Å². The third-order valence-electron chi connectivity index (χ3n) is 11.5. The van der Waals surface area contributed by atoms with Crippen LogP contribution >= 0.6 is 0 Å². The van der Waals surface area contributed by atoms with Crippen LogP contribution < -0.4 is 24.6 Å². The van der Waals surface area contributed by atoms with Gasteiger partial charge in [0.1, 0.15) is 5.75 Å². The normalized spacial score (nSPS) is 26.1. The van der Waals surface area contributed by atoms with E-state index in [0.29, 0.717) is 29.0 Å². The number of nitrogens with zero attached hydrogens (tertiary/aromatic N) is 3. The average Bonchev–Trinajstić information content (AvgIpc) is 3.54. The number of anilines is 3. The lowest BCUT2D eigenvalue weighted by Gasteiger charge is -2.39. The highest BCUT2D eigenvalue weighted by Gasteiger charge is 2.66. The van der Waals surface area contributed by atoms with E-state index in [1.165, 1.54) is 23.6 Å². The number of aliphatic hydroxyl groups is 1. The second-order valence-corrected chi connectivity index (χ2v) is 19.7. The minimum absolute atomic E-state index is 0.0582. The van der Waals surface area contributed by atoms with Crippen molar-refractivity contribution in [2.75, 3.05) is 28.4 Å². The first-order valence-electron chi connectivity index (χ1n) is 18.2. The molecule has 6 atom stereocenters. The van der Waals surface area contributed by atoms with Gasteiger partial charge in [-0.3, -0.25) is 33.8 Å². The van der Waals surface area contributed by atoms with Crippen LogP contribution in [-0.2, 0) is 50.3 Å². The summed E-state index contributed by atoms with van der Waals surface area (Å²) >= 11 is 0. The summed E-state index contributed by atoms with van der Waals surface area (Å²) in [5, 5.41) is 11.5. The molecule has 14 heteroatoms. The third kappa shape index (κ3) is 6.05. The van der Waals surface area contributed by atoms with E-state index in [1.807, 2.05) is 37.3 Å². The number of methoxy groups -OCH3 is 1. The second-order valence-electron chi connectivity index (χ2n) is 15.0. The SMILES string of the molecule is COc1ccc([Si](C)(C)[C@H]2[C@H](CCO)O[C@@]3(C(=O)N(Cc4ccc(N5C(=O)CC5OC(C)=O)cc4)c4ccc(N5C(=O)CC5OC(C)=O)cc43)[C@@H]2C)cc1. The zero-order valence-corrected chi connectivity index (χ0v) is 32.2. The molecule has 7 rings (SSSR count). The van der Waals surface area contributed by atoms with E-state index in [-0.39, 0.29) is 55.2 Å². The van der Waals surface area contributed by atoms with Crippen LogP contribution in [0.25, 0.3) is 0 Å². The zero-order chi connectivity index (χ0) is 38.7. The summed E-state index contributed by atoms with van der Waals surface area (Å²) in [6.07, 6.45) is -1.37. The van der Waals surface area contributed by atoms with Gasteiger partial charge in [0.25, 0.3) is 5.91 Å². The fourth-order valence-electron chi connectivity index (χ4n) is 8.92. The van der Waals surface area contributed by atoms with Crippen molar-refractivity contribution >= 4 is 60.0 Å². The molecule has 3 aromatic rings. The van der Waals surface area contributed by atoms with E-state index in [9.17, 15) is 24.3 Å². The summed E-state index contributed by atoms with van der Waals surface area (Å²) < 4.78 is 23.2. The number of hydrogen-bond acceptors (Lipinski definition) is 10. The van der Waals surface area contributed by atoms with Gasteiger partial charge in [-0.15, -0.1) is 0 Å². The molecule has 1 spiro atoms. The number of carbonyl (C=O) groups excluding carboxylic acids is 5. The fraction of sp³-hybridized carbons (Fsp3) is 0.425. The molecule has 3 amide bonds. The van der Waals surface area contributed by atoms with Crippen molar-refractivity contribution in [3.05, 3.63) is 77.9 Å². The van der Waals surface area contributed by atoms with Crippen LogP contribution in [0.1, 0.15) is 51.2 Å². The molecule has 4 heterocycles. The first kappa shape index (κ1) is 37.3. The lowest BCUT2D eigenvalue weighted by Crippen LogP contribution is -2.55. The Bertz CT molecular complexity index is 2000. The van der Waals surface area contributed by atoms with Gasteiger partial charge in [-0.05, 0) is 60.0 Å². The van der Waals surface area contributed by atoms with E-state index in [4.69, 9.17) is 18.9 Å². The van der Waals surface area contributed by atoms with Crippen molar-refractivity contribution in [2.24, 2.45) is 5.92 Å². The molecule has 0 aromatic heterocycles. The van der Waals surface area contributed by atoms with E-state index < -0.39 is 44.2 Å². The first-order chi connectivity index (χ1) is 25.7. The number of esters is 2. The maximum atomic E-state index is 15.2. The lowest BCUT2D eigenvalue weighted by atomic mass is 9.82. The molecule has 3 aromatic carbocycles. The largest absolute Gasteiger partial charge is 0.497 e. The molecule has 1 N–H and O–H groups in total. The standard InChI is InChI=1S/C40H45N3O10Si/c1-23-38(54(5,6)30-14-12-29(50-4)13-15-30)33(17-18-44)53-40(23)31-19-28(43-35(48)21-37(43)52-25(3)46)11-16-32(31)41(39(40)49)22-26-7-9-27(10-8-26)42-34(47)20-36(42)51-24(2)45/h7-16,19,23,33,36-38,44H,17-18,20-22H2,1-6H3/t23-,33+,36?,37?,38-,40+/m1/s1. The molecular weight excluding hydrogens is 711 g/mol. The maximum absolute atomic E-state index is 15.2. The number of hydrogen-bond donors (Lipinski definition) is 1. The maximum Gasteiger partial charge on any atom is 0.304 e. The zero-order valence-electron chi connectivity index (χ0n) is 31.2. The molecular formula is C40H45N3O10Si. The topological polar surface area (TPSA) is 152 Å². The van der Waals surface area contributed by atoms with E-state index in [1.54, 1.807) is 36.3 Å². The van der Waals surface area contributed by atoms with Crippen molar-refractivity contribution in [1.82, 2.24) is 0 Å². The van der Waals surface area contributed by atoms with Crippen LogP contribution in [0, 0.1) is 5.92 Å². The molecule has 4 aliphatic heterocycles. The summed E-state index contributed by atoms with van der Waals surface area (Å²) in [5.74, 6) is -1.21. The van der Waals surface area contributed by atoms with Crippen molar-refractivity contribution < 1.29 is 48.0 Å². The van der Waals surface area contributed by atoms with Gasteiger partial charge >= 0.3 is 11.9 Å². The fourth-order valence-corrected chi connectivity index (χ4v) is 13.0. The second kappa shape index (κ2) is 14.0. The summed E-state index contributed by atoms with van der Waals surface area (Å²) in [6.45, 7) is 9.22. The van der Waals surface area contributed by atoms with Gasteiger partial charge in [0.2, 0.25) is 11.8 Å². The van der Waals surface area contributed by atoms with Crippen LogP contribution in [0.5, 0.6) is 5.75 Å². The number of ether oxygens (including phenoxy) is 4. The van der Waals surface area contributed by atoms with E-state index >= 15 is 4.79 Å². The predicted molar refractivity (Wildman–Crippen MR) is 201 cm³/mol. The molecule has 3 fully saturated rings. The van der Waals surface area contributed by atoms with E-state index in [2.05, 4.69) is 25.2 Å². The van der Waals surface area contributed by atoms with Crippen LogP contribution in [-0.4, -0.2) is 75.1 Å². The minimum Gasteiger partial charge on any atom is -0.497 e. The van der Waals surface area contributed by atoms with Crippen LogP contribution in [0.4, 0.5) is 17.1 Å². The van der Waals surface area contributed by atoms with Gasteiger partial charge in [-0.2, -0.15) is 0 Å². The van der Waals surface area contributed by atoms with Crippen LogP contribution in [0.3, 0.4) is 0 Å². The molecule has 0 saturated carbocycles. The molecule has 2 unspecified atom stereocenters. The molecule has 54 heavy (non-hydrogen) atoms. The van der Waals surface area contributed by atoms with Gasteiger partial charge in [0.05, 0.1) is 46.4 Å². The number of amides is 3. The first-order valence-corrected chi connectivity index (χ1v) is 21.3. The molecule has 4 aliphatic rings. The molecule has 0 radical (unpaired) electrons. The highest BCUT2D eigenvalue weighted by atomic mass is 28.3. The number of carbonyl (C=O) groups is 5. The quantitative estimate of drug-likeness (QED) is 0.172. The lowest BCUT2D eigenvalue weighted by molar-refractivity contribution is -0.155. The van der Waals surface area contributed by atoms with Crippen LogP contribution in [0.15, 0.2) is 66.7 Å². The monoisotopic (exact) mass is 755 g/mol. The van der Waals surface area contributed by atoms with Gasteiger partial charge in [-0.1, -0.05) is 49.5 Å². The Labute approximate surface area is 314 Å². The van der Waals surface area contributed by atoms with Gasteiger partial charge in [-0.25, -0.2) is 0 Å². The Hall–Kier alpha value is -5.05. The molecule has 0 aliphatic carbocycles. The van der Waals surface area contributed by atoms with Gasteiger partial charge in [0, 0.05) is 43.3 Å². The Morgan fingerprint density at radius 1 is 0.870 bits per heavy atom. The highest BCUT2D eigenvalue weighted by molar-refractivity contribution is 6.91. The Morgan fingerprint density at radius 3 is 1.98 bits per heavy atom. The summed E-state index contributed by atoms with van der Waals surface area (Å²) in [5.41, 5.74) is 1.53. The molecule has 284 valence electrons. The molecule has 3 saturated heterocycles. The number of β-lactam (4-membered cyclic amide) rings is 2. The van der Waals surface area contributed by atoms with Gasteiger partial charge < -0.3 is 29.0 Å². The van der Waals surface area contributed by atoms with Crippen molar-refractivity contribution in [3.8, 4) is 5.75 Å². The van der Waals surface area contributed by atoms with Crippen molar-refractivity contribution in [3.63, 3.8) is 0 Å². The molecule has 13 nitrogen and oxygen atoms in total.